The van der Waals surface area contributed by atoms with Gasteiger partial charge in [0.05, 0.1) is 0 Å². The third-order valence-corrected chi connectivity index (χ3v) is 1.41. The Kier molecular flexibility index (Phi) is 182. The maximum Gasteiger partial charge on any atom is 0 e. The zero-order chi connectivity index (χ0) is 19.3. The van der Waals surface area contributed by atoms with Gasteiger partial charge in [0.15, 0.2) is 0 Å². The van der Waals surface area contributed by atoms with Gasteiger partial charge in [-0.25, -0.2) is 0 Å². The van der Waals surface area contributed by atoms with E-state index in [1.807, 2.05) is 27.7 Å². The molecule has 0 aliphatic carbocycles. The minimum absolute atomic E-state index is 0. The average molecular weight is 716 g/mol. The molecule has 4 radical (unpaired) electrons. The van der Waals surface area contributed by atoms with Gasteiger partial charge in [0.1, 0.15) is 0 Å². The first-order chi connectivity index (χ1) is 11.7. The molecular formula is C22H40N4Y4-8. The molecule has 0 saturated carbocycles. The second-order valence-electron chi connectivity index (χ2n) is 3.37. The third kappa shape index (κ3) is 126. The third-order valence-electron chi connectivity index (χ3n) is 1.41. The Morgan fingerprint density at radius 2 is 0.833 bits per heavy atom. The van der Waals surface area contributed by atoms with Crippen LogP contribution in [-0.4, -0.2) is 37.9 Å². The van der Waals surface area contributed by atoms with Gasteiger partial charge in [0.2, 0.25) is 0 Å². The van der Waals surface area contributed by atoms with Crippen molar-refractivity contribution in [2.75, 3.05) is 13.1 Å². The zero-order valence-electron chi connectivity index (χ0n) is 18.1. The van der Waals surface area contributed by atoms with Crippen molar-refractivity contribution in [1.82, 2.24) is 0 Å². The Labute approximate surface area is 291 Å². The Hall–Kier alpha value is 2.58. The zero-order valence-corrected chi connectivity index (χ0v) is 29.4. The van der Waals surface area contributed by atoms with Crippen molar-refractivity contribution in [2.45, 2.75) is 68.2 Å². The minimum Gasteiger partial charge on any atom is -0.601 e. The fourth-order valence-corrected chi connectivity index (χ4v) is 0.670. The fraction of sp³-hybridized carbons (Fsp3) is 0.545. The Balaban J connectivity index is -0.0000000208. The van der Waals surface area contributed by atoms with E-state index < -0.39 is 0 Å². The number of rotatable bonds is 8. The maximum absolute atomic E-state index is 4.86. The Morgan fingerprint density at radius 3 is 0.900 bits per heavy atom. The molecule has 0 unspecified atom stereocenters. The van der Waals surface area contributed by atoms with E-state index in [1.54, 1.807) is 0 Å². The maximum atomic E-state index is 4.86. The van der Waals surface area contributed by atoms with Crippen LogP contribution < -0.4 is 0 Å². The predicted molar refractivity (Wildman–Crippen MR) is 123 cm³/mol. The monoisotopic (exact) mass is 716 g/mol. The average Bonchev–Trinajstić information content (AvgIpc) is 2.62. The normalized spacial score (nSPS) is 7.93. The molecule has 30 heavy (non-hydrogen) atoms. The van der Waals surface area contributed by atoms with E-state index in [1.165, 1.54) is 12.4 Å². The van der Waals surface area contributed by atoms with Crippen LogP contribution in [0.3, 0.4) is 0 Å². The molecule has 0 fully saturated rings. The van der Waals surface area contributed by atoms with Crippen molar-refractivity contribution >= 4 is 24.9 Å². The summed E-state index contributed by atoms with van der Waals surface area (Å²) < 4.78 is 0. The summed E-state index contributed by atoms with van der Waals surface area (Å²) in [6.07, 6.45) is 16.7. The summed E-state index contributed by atoms with van der Waals surface area (Å²) >= 11 is 0. The van der Waals surface area contributed by atoms with E-state index in [9.17, 15) is 0 Å². The van der Waals surface area contributed by atoms with E-state index in [2.05, 4.69) is 58.7 Å². The Bertz CT molecular complexity index is 289. The van der Waals surface area contributed by atoms with Crippen LogP contribution >= 0.6 is 0 Å². The molecule has 0 aliphatic rings. The largest absolute Gasteiger partial charge is 0.601 e. The second-order valence-corrected chi connectivity index (χ2v) is 3.37. The summed E-state index contributed by atoms with van der Waals surface area (Å²) in [6.45, 7) is 25.8. The van der Waals surface area contributed by atoms with E-state index >= 15 is 0 Å². The smallest absolute Gasteiger partial charge is 0 e. The molecule has 0 aromatic rings. The first kappa shape index (κ1) is 63.7. The molecule has 0 atom stereocenters. The van der Waals surface area contributed by atoms with Crippen LogP contribution in [0.1, 0.15) is 68.2 Å². The molecule has 4 nitrogen and oxygen atoms in total. The van der Waals surface area contributed by atoms with Crippen molar-refractivity contribution in [3.8, 4) is 0 Å². The SMILES string of the molecule is C.C.[CH-]=CN=[C-]CC.[CH-]=CN=[C-]CC.[CH2-]CN=[C-]CC.[CH2-]CN=[C-]CC.[Y].[Y].[Y].[Y]. The summed E-state index contributed by atoms with van der Waals surface area (Å²) in [5, 5.41) is 0. The molecule has 0 heterocycles. The number of hydrogen-bond acceptors (Lipinski definition) is 4. The van der Waals surface area contributed by atoms with E-state index in [4.69, 9.17) is 13.2 Å². The number of hydrogen-bond donors (Lipinski definition) is 0. The second kappa shape index (κ2) is 85.5. The van der Waals surface area contributed by atoms with Gasteiger partial charge in [0, 0.05) is 131 Å². The summed E-state index contributed by atoms with van der Waals surface area (Å²) in [5.41, 5.74) is 0. The van der Waals surface area contributed by atoms with Crippen LogP contribution in [0.5, 0.6) is 0 Å². The molecule has 0 saturated heterocycles. The molecule has 0 spiro atoms. The van der Waals surface area contributed by atoms with Crippen LogP contribution in [0.25, 0.3) is 0 Å². The summed E-state index contributed by atoms with van der Waals surface area (Å²) in [7, 11) is 0. The van der Waals surface area contributed by atoms with Gasteiger partial charge < -0.3 is 71.8 Å². The molecule has 0 amide bonds. The van der Waals surface area contributed by atoms with Crippen LogP contribution in [0, 0.1) is 27.0 Å². The van der Waals surface area contributed by atoms with E-state index in [-0.39, 0.29) is 146 Å². The van der Waals surface area contributed by atoms with Gasteiger partial charge in [0.25, 0.3) is 0 Å². The van der Waals surface area contributed by atoms with E-state index in [0.717, 1.165) is 25.7 Å². The molecule has 168 valence electrons. The number of aliphatic imine (C=N–C) groups is 4. The summed E-state index contributed by atoms with van der Waals surface area (Å²) in [6, 6.07) is 0. The van der Waals surface area contributed by atoms with Gasteiger partial charge in [-0.2, -0.15) is 25.3 Å². The molecule has 0 aromatic heterocycles. The first-order valence-corrected chi connectivity index (χ1v) is 7.95. The fourth-order valence-electron chi connectivity index (χ4n) is 0.670. The van der Waals surface area contributed by atoms with Crippen LogP contribution in [0.2, 0.25) is 0 Å². The quantitative estimate of drug-likeness (QED) is 0.213. The van der Waals surface area contributed by atoms with Crippen molar-refractivity contribution in [3.05, 3.63) is 39.4 Å². The van der Waals surface area contributed by atoms with Crippen LogP contribution in [0.15, 0.2) is 32.4 Å². The first-order valence-electron chi connectivity index (χ1n) is 7.95. The minimum atomic E-state index is 0. The van der Waals surface area contributed by atoms with Gasteiger partial charge in [-0.3, -0.25) is 0 Å². The molecule has 0 aromatic carbocycles. The topological polar surface area (TPSA) is 49.4 Å². The van der Waals surface area contributed by atoms with Crippen molar-refractivity contribution < 1.29 is 131 Å². The number of nitrogens with zero attached hydrogens (tertiary/aromatic N) is 4. The van der Waals surface area contributed by atoms with Crippen LogP contribution in [-0.2, 0) is 131 Å². The summed E-state index contributed by atoms with van der Waals surface area (Å²) in [4.78, 5) is 14.4. The molecule has 0 N–H and O–H groups in total. The van der Waals surface area contributed by atoms with Crippen molar-refractivity contribution in [2.24, 2.45) is 20.0 Å². The van der Waals surface area contributed by atoms with Gasteiger partial charge >= 0.3 is 0 Å². The van der Waals surface area contributed by atoms with Gasteiger partial charge in [-0.15, -0.1) is 13.1 Å². The standard InChI is InChI=1S/2C5H9N.2C5H7N.2CH4.4Y/c4*1-3-5-6-4-2;;;;;;/h2*2-4H2,1H3;2*2,4H,3H2,1H3;2*1H4;;;;/q4*-2;;;;;;. The molecule has 0 aliphatic heterocycles. The molecular weight excluding hydrogens is 676 g/mol. The Morgan fingerprint density at radius 1 is 0.600 bits per heavy atom. The predicted octanol–water partition coefficient (Wildman–Crippen LogP) is 6.20. The van der Waals surface area contributed by atoms with Crippen molar-refractivity contribution in [1.29, 1.82) is 0 Å². The van der Waals surface area contributed by atoms with Gasteiger partial charge in [-0.1, -0.05) is 55.4 Å². The molecule has 8 heteroatoms. The van der Waals surface area contributed by atoms with Crippen molar-refractivity contribution in [3.63, 3.8) is 0 Å². The molecule has 0 bridgehead atoms. The molecule has 0 rings (SSSR count). The van der Waals surface area contributed by atoms with Crippen LogP contribution in [0.4, 0.5) is 0 Å². The van der Waals surface area contributed by atoms with E-state index in [0.29, 0.717) is 13.1 Å². The van der Waals surface area contributed by atoms with Gasteiger partial charge in [-0.05, 0) is 0 Å². The summed E-state index contributed by atoms with van der Waals surface area (Å²) in [5.74, 6) is 0.